The molecule has 0 fully saturated rings. The molecule has 2 unspecified atom stereocenters. The van der Waals surface area contributed by atoms with E-state index >= 15 is 0 Å². The van der Waals surface area contributed by atoms with Crippen molar-refractivity contribution in [3.05, 3.63) is 29.8 Å². The Balaban J connectivity index is 2.58. The molecule has 0 spiro atoms. The fraction of sp³-hybridized carbons (Fsp3) is 0.759. The van der Waals surface area contributed by atoms with Gasteiger partial charge in [-0.15, -0.1) is 0 Å². The van der Waals surface area contributed by atoms with Crippen molar-refractivity contribution in [1.82, 2.24) is 0 Å². The molecule has 0 aliphatic carbocycles. The molecule has 190 valence electrons. The predicted octanol–water partition coefficient (Wildman–Crippen LogP) is 8.00. The zero-order chi connectivity index (χ0) is 25.4. The third kappa shape index (κ3) is 11.4. The fourth-order valence-corrected chi connectivity index (χ4v) is 3.71. The quantitative estimate of drug-likeness (QED) is 0.233. The van der Waals surface area contributed by atoms with E-state index in [1.165, 1.54) is 5.56 Å². The molecule has 0 saturated heterocycles. The van der Waals surface area contributed by atoms with Crippen molar-refractivity contribution in [3.63, 3.8) is 0 Å². The summed E-state index contributed by atoms with van der Waals surface area (Å²) in [6, 6.07) is 8.43. The van der Waals surface area contributed by atoms with Crippen LogP contribution in [0.15, 0.2) is 24.3 Å². The summed E-state index contributed by atoms with van der Waals surface area (Å²) in [4.78, 5) is 12.3. The lowest BCUT2D eigenvalue weighted by Crippen LogP contribution is -2.30. The van der Waals surface area contributed by atoms with Crippen LogP contribution in [0.4, 0.5) is 0 Å². The first-order chi connectivity index (χ1) is 15.0. The average Bonchev–Trinajstić information content (AvgIpc) is 2.65. The lowest BCUT2D eigenvalue weighted by atomic mass is 9.69. The molecule has 0 amide bonds. The highest BCUT2D eigenvalue weighted by Gasteiger charge is 2.31. The molecule has 0 radical (unpaired) electrons. The van der Waals surface area contributed by atoms with Crippen molar-refractivity contribution >= 4 is 5.97 Å². The maximum atomic E-state index is 12.3. The third-order valence-electron chi connectivity index (χ3n) is 6.01. The van der Waals surface area contributed by atoms with Gasteiger partial charge in [0.2, 0.25) is 0 Å². The van der Waals surface area contributed by atoms with Gasteiger partial charge in [-0.3, -0.25) is 4.79 Å². The standard InChI is InChI=1S/C29H50O4/c1-21(2)16-18-32-26(30)29(10,11)17-19-31-22(3)33-24-14-12-23(13-15-24)25(28(7,8)9)20-27(4,5)6/h12-15,21-22,25H,16-20H2,1-11H3. The Hall–Kier alpha value is -1.55. The number of ether oxygens (including phenoxy) is 3. The second-order valence-corrected chi connectivity index (χ2v) is 12.8. The van der Waals surface area contributed by atoms with E-state index in [0.717, 1.165) is 18.6 Å². The predicted molar refractivity (Wildman–Crippen MR) is 138 cm³/mol. The first kappa shape index (κ1) is 29.5. The molecule has 4 nitrogen and oxygen atoms in total. The second-order valence-electron chi connectivity index (χ2n) is 12.8. The van der Waals surface area contributed by atoms with Gasteiger partial charge in [0.1, 0.15) is 5.75 Å². The van der Waals surface area contributed by atoms with Gasteiger partial charge in [0.25, 0.3) is 0 Å². The number of carbonyl (C=O) groups is 1. The van der Waals surface area contributed by atoms with Gasteiger partial charge in [-0.1, -0.05) is 67.5 Å². The highest BCUT2D eigenvalue weighted by molar-refractivity contribution is 5.75. The SMILES string of the molecule is CC(C)CCOC(=O)C(C)(C)CCOC(C)Oc1ccc(C(CC(C)(C)C)C(C)(C)C)cc1. The Bertz CT molecular complexity index is 705. The number of hydrogen-bond donors (Lipinski definition) is 0. The van der Waals surface area contributed by atoms with E-state index in [1.54, 1.807) is 0 Å². The molecule has 1 aromatic carbocycles. The summed E-state index contributed by atoms with van der Waals surface area (Å²) in [5.74, 6) is 1.62. The molecule has 2 atom stereocenters. The molecule has 0 N–H and O–H groups in total. The van der Waals surface area contributed by atoms with Crippen LogP contribution in [-0.4, -0.2) is 25.5 Å². The van der Waals surface area contributed by atoms with Gasteiger partial charge in [0.05, 0.1) is 18.6 Å². The summed E-state index contributed by atoms with van der Waals surface area (Å²) in [7, 11) is 0. The van der Waals surface area contributed by atoms with E-state index in [4.69, 9.17) is 14.2 Å². The van der Waals surface area contributed by atoms with Crippen LogP contribution < -0.4 is 4.74 Å². The van der Waals surface area contributed by atoms with Gasteiger partial charge in [-0.2, -0.15) is 0 Å². The number of benzene rings is 1. The second kappa shape index (κ2) is 12.2. The maximum absolute atomic E-state index is 12.3. The average molecular weight is 463 g/mol. The smallest absolute Gasteiger partial charge is 0.311 e. The number of esters is 1. The molecule has 0 saturated carbocycles. The van der Waals surface area contributed by atoms with Crippen molar-refractivity contribution in [2.75, 3.05) is 13.2 Å². The normalized spacial score (nSPS) is 14.8. The van der Waals surface area contributed by atoms with E-state index in [9.17, 15) is 4.79 Å². The molecular weight excluding hydrogens is 412 g/mol. The molecular formula is C29H50O4. The third-order valence-corrected chi connectivity index (χ3v) is 6.01. The van der Waals surface area contributed by atoms with Crippen molar-refractivity contribution in [3.8, 4) is 5.75 Å². The first-order valence-electron chi connectivity index (χ1n) is 12.6. The number of carbonyl (C=O) groups excluding carboxylic acids is 1. The number of rotatable bonds is 12. The highest BCUT2D eigenvalue weighted by Crippen LogP contribution is 2.43. The van der Waals surface area contributed by atoms with E-state index in [-0.39, 0.29) is 16.8 Å². The Morgan fingerprint density at radius 3 is 1.94 bits per heavy atom. The van der Waals surface area contributed by atoms with Crippen LogP contribution in [0.2, 0.25) is 0 Å². The Morgan fingerprint density at radius 1 is 0.879 bits per heavy atom. The van der Waals surface area contributed by atoms with Gasteiger partial charge in [-0.05, 0) is 80.4 Å². The van der Waals surface area contributed by atoms with Gasteiger partial charge in [0, 0.05) is 0 Å². The minimum absolute atomic E-state index is 0.167. The van der Waals surface area contributed by atoms with Crippen molar-refractivity contribution < 1.29 is 19.0 Å². The summed E-state index contributed by atoms with van der Waals surface area (Å²) in [5.41, 5.74) is 1.22. The van der Waals surface area contributed by atoms with Gasteiger partial charge in [-0.25, -0.2) is 0 Å². The fourth-order valence-electron chi connectivity index (χ4n) is 3.71. The summed E-state index contributed by atoms with van der Waals surface area (Å²) in [6.45, 7) is 24.7. The van der Waals surface area contributed by atoms with E-state index in [1.807, 2.05) is 32.9 Å². The topological polar surface area (TPSA) is 44.8 Å². The van der Waals surface area contributed by atoms with Crippen molar-refractivity contribution in [1.29, 1.82) is 0 Å². The van der Waals surface area contributed by atoms with Crippen molar-refractivity contribution in [2.45, 2.75) is 108 Å². The monoisotopic (exact) mass is 462 g/mol. The van der Waals surface area contributed by atoms with Crippen LogP contribution in [0.3, 0.4) is 0 Å². The van der Waals surface area contributed by atoms with Crippen LogP contribution in [0.5, 0.6) is 5.75 Å². The molecule has 0 aliphatic heterocycles. The summed E-state index contributed by atoms with van der Waals surface area (Å²) < 4.78 is 17.2. The molecule has 0 bridgehead atoms. The molecule has 0 aliphatic rings. The van der Waals surface area contributed by atoms with Crippen LogP contribution in [0, 0.1) is 22.2 Å². The Labute approximate surface area is 203 Å². The molecule has 1 rings (SSSR count). The van der Waals surface area contributed by atoms with Crippen molar-refractivity contribution in [2.24, 2.45) is 22.2 Å². The minimum atomic E-state index is -0.576. The lowest BCUT2D eigenvalue weighted by Gasteiger charge is -2.36. The van der Waals surface area contributed by atoms with Crippen LogP contribution in [-0.2, 0) is 14.3 Å². The van der Waals surface area contributed by atoms with E-state index < -0.39 is 11.7 Å². The summed E-state index contributed by atoms with van der Waals surface area (Å²) in [5, 5.41) is 0. The maximum Gasteiger partial charge on any atom is 0.311 e. The van der Waals surface area contributed by atoms with Gasteiger partial charge in [0.15, 0.2) is 6.29 Å². The molecule has 33 heavy (non-hydrogen) atoms. The summed E-state index contributed by atoms with van der Waals surface area (Å²) in [6.07, 6.45) is 2.21. The number of hydrogen-bond acceptors (Lipinski definition) is 4. The van der Waals surface area contributed by atoms with Crippen LogP contribution in [0.25, 0.3) is 0 Å². The molecule has 1 aromatic rings. The Morgan fingerprint density at radius 2 is 1.45 bits per heavy atom. The molecule has 0 heterocycles. The van der Waals surface area contributed by atoms with Gasteiger partial charge >= 0.3 is 5.97 Å². The van der Waals surface area contributed by atoms with E-state index in [0.29, 0.717) is 31.5 Å². The summed E-state index contributed by atoms with van der Waals surface area (Å²) >= 11 is 0. The first-order valence-corrected chi connectivity index (χ1v) is 12.6. The molecule has 0 aromatic heterocycles. The Kier molecular flexibility index (Phi) is 10.9. The van der Waals surface area contributed by atoms with E-state index in [2.05, 4.69) is 67.5 Å². The largest absolute Gasteiger partial charge is 0.465 e. The van der Waals surface area contributed by atoms with Gasteiger partial charge < -0.3 is 14.2 Å². The zero-order valence-corrected chi connectivity index (χ0v) is 23.2. The molecule has 4 heteroatoms. The minimum Gasteiger partial charge on any atom is -0.465 e. The zero-order valence-electron chi connectivity index (χ0n) is 23.2. The lowest BCUT2D eigenvalue weighted by molar-refractivity contribution is -0.156. The van der Waals surface area contributed by atoms with Crippen LogP contribution in [0.1, 0.15) is 107 Å². The highest BCUT2D eigenvalue weighted by atomic mass is 16.7. The van der Waals surface area contributed by atoms with Crippen LogP contribution >= 0.6 is 0 Å².